The van der Waals surface area contributed by atoms with Gasteiger partial charge in [0.2, 0.25) is 0 Å². The van der Waals surface area contributed by atoms with Crippen LogP contribution >= 0.6 is 0 Å². The molecule has 2 N–H and O–H groups in total. The number of rotatable bonds is 14. The van der Waals surface area contributed by atoms with Crippen LogP contribution in [0.3, 0.4) is 0 Å². The summed E-state index contributed by atoms with van der Waals surface area (Å²) < 4.78 is 47.6. The Morgan fingerprint density at radius 3 is 0.793 bits per heavy atom. The summed E-state index contributed by atoms with van der Waals surface area (Å²) >= 11 is 0. The smallest absolute Gasteiger partial charge is 0.131 e. The molecule has 111 heavy (non-hydrogen) atoms. The van der Waals surface area contributed by atoms with Crippen LogP contribution in [-0.2, 0) is 54.1 Å². The molecule has 2 unspecified atom stereocenters. The summed E-state index contributed by atoms with van der Waals surface area (Å²) in [4.78, 5) is 0. The molecule has 0 amide bonds. The number of halogens is 2. The van der Waals surface area contributed by atoms with Gasteiger partial charge in [-0.3, -0.25) is 0 Å². The molecular formula is C105H130F2O4. The van der Waals surface area contributed by atoms with Gasteiger partial charge in [0.1, 0.15) is 34.6 Å². The molecule has 2 atom stereocenters. The molecule has 4 aliphatic carbocycles. The monoisotopic (exact) mass is 1490 g/mol. The molecule has 14 rings (SSSR count). The summed E-state index contributed by atoms with van der Waals surface area (Å²) in [5, 5.41) is 36.6. The van der Waals surface area contributed by atoms with Gasteiger partial charge in [-0.1, -0.05) is 204 Å². The van der Waals surface area contributed by atoms with Crippen molar-refractivity contribution in [2.24, 2.45) is 10.8 Å². The Balaban J connectivity index is 0.900. The van der Waals surface area contributed by atoms with E-state index >= 15 is 8.78 Å². The van der Waals surface area contributed by atoms with E-state index in [2.05, 4.69) is 265 Å². The largest absolute Gasteiger partial charge is 0.507 e. The SMILES string of the molecule is CC(CC(C)Oc1ccc(F)cc1-c1cc(C(C)(C)CC(C)(C)C)cc(-c2c3cc4c(cc3cc3cc5c(cc23)C(C)(C)CCC5(C)C)C(C)(C)CCC4(C)C)c1O)Oc1ccc(F)cc1-c1cc(C(C)(C)CC(C)(C)C)cc(-c2c3cc4c(cc3cc3cc5c(cc23)C(C)(C)CCC5(C)C)C(C)(C)CCC4(C)C)c1O. The van der Waals surface area contributed by atoms with E-state index in [0.717, 1.165) is 130 Å². The third-order valence-electron chi connectivity index (χ3n) is 27.8. The van der Waals surface area contributed by atoms with Crippen LogP contribution in [0.2, 0.25) is 0 Å². The highest BCUT2D eigenvalue weighted by Gasteiger charge is 2.44. The van der Waals surface area contributed by atoms with Crippen molar-refractivity contribution >= 4 is 43.1 Å². The molecule has 0 aromatic heterocycles. The Kier molecular flexibility index (Phi) is 19.0. The molecule has 0 heterocycles. The van der Waals surface area contributed by atoms with Gasteiger partial charge in [-0.2, -0.15) is 0 Å². The molecule has 0 radical (unpaired) electrons. The maximum absolute atomic E-state index is 16.6. The minimum absolute atomic E-state index is 0.0341. The molecule has 6 heteroatoms. The van der Waals surface area contributed by atoms with Gasteiger partial charge in [0.25, 0.3) is 0 Å². The minimum atomic E-state index is -0.515. The maximum atomic E-state index is 16.6. The van der Waals surface area contributed by atoms with Crippen LogP contribution in [0.4, 0.5) is 8.78 Å². The number of hydrogen-bond acceptors (Lipinski definition) is 4. The topological polar surface area (TPSA) is 58.9 Å². The van der Waals surface area contributed by atoms with Crippen LogP contribution in [0.15, 0.2) is 121 Å². The van der Waals surface area contributed by atoms with E-state index < -0.39 is 34.7 Å². The van der Waals surface area contributed by atoms with E-state index in [0.29, 0.717) is 51.3 Å². The van der Waals surface area contributed by atoms with Crippen molar-refractivity contribution in [2.45, 2.75) is 331 Å². The van der Waals surface area contributed by atoms with Crippen LogP contribution < -0.4 is 9.47 Å². The van der Waals surface area contributed by atoms with Crippen molar-refractivity contribution in [1.82, 2.24) is 0 Å². The molecular weight excluding hydrogens is 1360 g/mol. The van der Waals surface area contributed by atoms with Crippen LogP contribution in [-0.4, -0.2) is 22.4 Å². The number of aromatic hydroxyl groups is 2. The molecule has 588 valence electrons. The van der Waals surface area contributed by atoms with E-state index in [-0.39, 0.29) is 65.6 Å². The lowest BCUT2D eigenvalue weighted by molar-refractivity contribution is 0.131. The fourth-order valence-electron chi connectivity index (χ4n) is 21.4. The predicted molar refractivity (Wildman–Crippen MR) is 468 cm³/mol. The molecule has 10 aromatic rings. The Labute approximate surface area is 665 Å². The van der Waals surface area contributed by atoms with Gasteiger partial charge >= 0.3 is 0 Å². The van der Waals surface area contributed by atoms with E-state index in [1.807, 2.05) is 13.8 Å². The molecule has 0 spiro atoms. The summed E-state index contributed by atoms with van der Waals surface area (Å²) in [6.45, 7) is 65.2. The first kappa shape index (κ1) is 79.9. The van der Waals surface area contributed by atoms with Crippen LogP contribution in [0.25, 0.3) is 87.6 Å². The second kappa shape index (κ2) is 26.4. The molecule has 4 nitrogen and oxygen atoms in total. The van der Waals surface area contributed by atoms with Crippen molar-refractivity contribution in [2.75, 3.05) is 0 Å². The molecule has 10 aromatic carbocycles. The lowest BCUT2D eigenvalue weighted by atomic mass is 9.62. The van der Waals surface area contributed by atoms with Gasteiger partial charge in [-0.05, 0) is 339 Å². The quantitative estimate of drug-likeness (QED) is 0.107. The lowest BCUT2D eigenvalue weighted by Gasteiger charge is -2.43. The summed E-state index contributed by atoms with van der Waals surface area (Å²) in [6, 6.07) is 42.6. The molecule has 0 saturated heterocycles. The zero-order valence-electron chi connectivity index (χ0n) is 72.9. The highest BCUT2D eigenvalue weighted by Crippen LogP contribution is 2.59. The number of phenols is 2. The van der Waals surface area contributed by atoms with Crippen molar-refractivity contribution in [3.8, 4) is 67.5 Å². The zero-order chi connectivity index (χ0) is 81.0. The first-order valence-electron chi connectivity index (χ1n) is 42.0. The van der Waals surface area contributed by atoms with E-state index in [1.54, 1.807) is 12.1 Å². The molecule has 0 aliphatic heterocycles. The fraction of sp³-hybridized carbons (Fsp3) is 0.505. The number of hydrogen-bond donors (Lipinski definition) is 2. The van der Waals surface area contributed by atoms with Gasteiger partial charge in [-0.15, -0.1) is 0 Å². The van der Waals surface area contributed by atoms with Gasteiger partial charge in [0.05, 0.1) is 12.2 Å². The summed E-state index contributed by atoms with van der Waals surface area (Å²) in [5.74, 6) is 0.110. The number of phenolic OH excluding ortho intramolecular Hbond substituents is 2. The van der Waals surface area contributed by atoms with E-state index in [1.165, 1.54) is 68.8 Å². The second-order valence-electron chi connectivity index (χ2n) is 44.5. The van der Waals surface area contributed by atoms with Crippen molar-refractivity contribution in [1.29, 1.82) is 0 Å². The van der Waals surface area contributed by atoms with Crippen molar-refractivity contribution in [3.63, 3.8) is 0 Å². The fourth-order valence-corrected chi connectivity index (χ4v) is 21.4. The highest BCUT2D eigenvalue weighted by atomic mass is 19.1. The lowest BCUT2D eigenvalue weighted by Crippen LogP contribution is -2.34. The normalized spacial score (nSPS) is 19.3. The Hall–Kier alpha value is -7.70. The van der Waals surface area contributed by atoms with Crippen LogP contribution in [0.1, 0.15) is 320 Å². The van der Waals surface area contributed by atoms with Gasteiger partial charge < -0.3 is 19.7 Å². The molecule has 0 saturated carbocycles. The van der Waals surface area contributed by atoms with Gasteiger partial charge in [-0.25, -0.2) is 8.78 Å². The maximum Gasteiger partial charge on any atom is 0.131 e. The Bertz CT molecular complexity index is 4920. The van der Waals surface area contributed by atoms with Crippen molar-refractivity contribution < 1.29 is 28.5 Å². The Morgan fingerprint density at radius 1 is 0.315 bits per heavy atom. The van der Waals surface area contributed by atoms with Crippen molar-refractivity contribution in [3.05, 3.63) is 189 Å². The van der Waals surface area contributed by atoms with Crippen LogP contribution in [0, 0.1) is 22.5 Å². The average molecular weight is 1490 g/mol. The second-order valence-corrected chi connectivity index (χ2v) is 44.5. The first-order chi connectivity index (χ1) is 51.1. The van der Waals surface area contributed by atoms with Gasteiger partial charge in [0, 0.05) is 50.9 Å². The molecule has 0 bridgehead atoms. The van der Waals surface area contributed by atoms with Gasteiger partial charge in [0.15, 0.2) is 0 Å². The first-order valence-corrected chi connectivity index (χ1v) is 42.0. The third kappa shape index (κ3) is 14.5. The average Bonchev–Trinajstić information content (AvgIpc) is 0.711. The Morgan fingerprint density at radius 2 is 0.550 bits per heavy atom. The minimum Gasteiger partial charge on any atom is -0.507 e. The van der Waals surface area contributed by atoms with Crippen LogP contribution in [0.5, 0.6) is 23.0 Å². The van der Waals surface area contributed by atoms with E-state index in [4.69, 9.17) is 9.47 Å². The zero-order valence-corrected chi connectivity index (χ0v) is 72.9. The summed E-state index contributed by atoms with van der Waals surface area (Å²) in [5.41, 5.74) is 16.9. The number of ether oxygens (including phenoxy) is 2. The molecule has 0 fully saturated rings. The summed E-state index contributed by atoms with van der Waals surface area (Å²) in [7, 11) is 0. The predicted octanol–water partition coefficient (Wildman–Crippen LogP) is 30.1. The third-order valence-corrected chi connectivity index (χ3v) is 27.8. The number of benzene rings is 10. The standard InChI is InChI=1S/C105H130F2O4/c1-60(110-88-31-29-68(106)52-74(88)76-48-66(104(25,26)58-94(3,4)5)50-78(92(76)108)90-70-54-84-80(96(9,10)33-37-100(84,17)18)44-62(70)42-63-45-81-85(55-71(63)90)101(19,20)38-34-97(81,11)12)41-61(2)111-89-32-30-69(107)53-75(89)77-49-67(105(27,28)59-95(6,7)8)51-79(93(77)109)91-72-56-86-82(98(13,14)35-39-102(86,21)22)46-64(72)43-65-47-83-87(57-73(65)91)103(23,24)40-36-99(83,15)16/h29-32,42-57,60-61,108-109H,33-41,58-59H2,1-28H3. The summed E-state index contributed by atoms with van der Waals surface area (Å²) in [6.07, 6.45) is 9.60. The van der Waals surface area contributed by atoms with E-state index in [9.17, 15) is 10.2 Å². The number of fused-ring (bicyclic) bond motifs is 8. The molecule has 4 aliphatic rings. The highest BCUT2D eigenvalue weighted by molar-refractivity contribution is 6.17.